The molecule has 2 heterocycles. The van der Waals surface area contributed by atoms with E-state index in [1.807, 2.05) is 24.3 Å². The van der Waals surface area contributed by atoms with Gasteiger partial charge in [0.2, 0.25) is 0 Å². The second-order valence-corrected chi connectivity index (χ2v) is 3.90. The molecule has 2 N–H and O–H groups in total. The highest BCUT2D eigenvalue weighted by molar-refractivity contribution is 7.17. The minimum Gasteiger partial charge on any atom is -0.382 e. The molecule has 68 valence electrons. The number of hydrogen-bond acceptors (Lipinski definition) is 4. The van der Waals surface area contributed by atoms with Crippen LogP contribution < -0.4 is 5.73 Å². The Labute approximate surface area is 84.2 Å². The minimum atomic E-state index is 0.514. The molecule has 0 aliphatic rings. The Kier molecular flexibility index (Phi) is 1.46. The predicted octanol–water partition coefficient (Wildman–Crippen LogP) is 2.43. The van der Waals surface area contributed by atoms with Crippen LogP contribution in [-0.4, -0.2) is 9.97 Å². The maximum Gasteiger partial charge on any atom is 0.151 e. The summed E-state index contributed by atoms with van der Waals surface area (Å²) in [5.41, 5.74) is 9.35. The number of pyridine rings is 1. The molecule has 0 aliphatic heterocycles. The third kappa shape index (κ3) is 0.914. The van der Waals surface area contributed by atoms with Crippen molar-refractivity contribution in [3.8, 4) is 0 Å². The zero-order valence-corrected chi connectivity index (χ0v) is 8.08. The molecule has 0 radical (unpaired) electrons. The molecule has 0 saturated carbocycles. The van der Waals surface area contributed by atoms with Crippen LogP contribution in [0.1, 0.15) is 0 Å². The van der Waals surface area contributed by atoms with E-state index in [-0.39, 0.29) is 0 Å². The number of nitrogen functional groups attached to an aromatic ring is 1. The summed E-state index contributed by atoms with van der Waals surface area (Å²) in [5.74, 6) is 0.514. The maximum atomic E-state index is 5.80. The van der Waals surface area contributed by atoms with Gasteiger partial charge in [-0.1, -0.05) is 18.2 Å². The molecule has 0 unspecified atom stereocenters. The molecule has 3 aromatic rings. The fraction of sp³-hybridized carbons (Fsp3) is 0. The Bertz CT molecular complexity index is 615. The van der Waals surface area contributed by atoms with Crippen LogP contribution in [0.4, 0.5) is 5.82 Å². The largest absolute Gasteiger partial charge is 0.382 e. The lowest BCUT2D eigenvalue weighted by Crippen LogP contribution is -1.91. The highest BCUT2D eigenvalue weighted by Gasteiger charge is 2.07. The van der Waals surface area contributed by atoms with Gasteiger partial charge < -0.3 is 5.73 Å². The molecule has 3 nitrogen and oxygen atoms in total. The molecule has 3 rings (SSSR count). The van der Waals surface area contributed by atoms with Crippen molar-refractivity contribution in [1.29, 1.82) is 0 Å². The Morgan fingerprint density at radius 1 is 1.21 bits per heavy atom. The van der Waals surface area contributed by atoms with Gasteiger partial charge in [0, 0.05) is 5.39 Å². The Morgan fingerprint density at radius 3 is 3.00 bits per heavy atom. The summed E-state index contributed by atoms with van der Waals surface area (Å²) >= 11 is 1.60. The second-order valence-electron chi connectivity index (χ2n) is 3.04. The van der Waals surface area contributed by atoms with Crippen molar-refractivity contribution in [2.24, 2.45) is 0 Å². The topological polar surface area (TPSA) is 51.8 Å². The van der Waals surface area contributed by atoms with E-state index in [0.29, 0.717) is 5.82 Å². The zero-order valence-electron chi connectivity index (χ0n) is 7.27. The van der Waals surface area contributed by atoms with Crippen LogP contribution in [0.3, 0.4) is 0 Å². The van der Waals surface area contributed by atoms with Crippen LogP contribution in [0.2, 0.25) is 0 Å². The smallest absolute Gasteiger partial charge is 0.151 e. The van der Waals surface area contributed by atoms with Crippen LogP contribution in [-0.2, 0) is 0 Å². The van der Waals surface area contributed by atoms with E-state index in [1.54, 1.807) is 16.8 Å². The average molecular weight is 201 g/mol. The van der Waals surface area contributed by atoms with Crippen molar-refractivity contribution in [3.05, 3.63) is 29.8 Å². The summed E-state index contributed by atoms with van der Waals surface area (Å²) < 4.78 is 1.12. The minimum absolute atomic E-state index is 0.514. The van der Waals surface area contributed by atoms with Gasteiger partial charge in [0.15, 0.2) is 5.82 Å². The Balaban J connectivity index is 2.66. The zero-order chi connectivity index (χ0) is 9.54. The maximum absolute atomic E-state index is 5.80. The third-order valence-electron chi connectivity index (χ3n) is 2.20. The van der Waals surface area contributed by atoms with Crippen molar-refractivity contribution in [1.82, 2.24) is 9.97 Å². The van der Waals surface area contributed by atoms with Crippen molar-refractivity contribution in [3.63, 3.8) is 0 Å². The predicted molar refractivity (Wildman–Crippen MR) is 59.3 cm³/mol. The van der Waals surface area contributed by atoms with Gasteiger partial charge in [-0.05, 0) is 6.07 Å². The normalized spacial score (nSPS) is 11.1. The molecular weight excluding hydrogens is 194 g/mol. The molecular formula is C10H7N3S. The number of benzene rings is 1. The average Bonchev–Trinajstić information content (AvgIpc) is 2.67. The number of hydrogen-bond donors (Lipinski definition) is 1. The number of rotatable bonds is 0. The van der Waals surface area contributed by atoms with Gasteiger partial charge in [0.1, 0.15) is 5.52 Å². The van der Waals surface area contributed by atoms with Crippen molar-refractivity contribution in [2.45, 2.75) is 0 Å². The number of nitrogens with zero attached hydrogens (tertiary/aromatic N) is 2. The van der Waals surface area contributed by atoms with Crippen LogP contribution in [0.15, 0.2) is 29.8 Å². The number of thiazole rings is 1. The standard InChI is InChI=1S/C10H7N3S/c11-10-8-9(14-5-12-8)6-3-1-2-4-7(6)13-10/h1-5H,(H2,11,13). The summed E-state index contributed by atoms with van der Waals surface area (Å²) in [5, 5.41) is 1.12. The number of aromatic nitrogens is 2. The summed E-state index contributed by atoms with van der Waals surface area (Å²) in [6, 6.07) is 7.97. The lowest BCUT2D eigenvalue weighted by molar-refractivity contribution is 1.40. The van der Waals surface area contributed by atoms with E-state index in [9.17, 15) is 0 Å². The molecule has 14 heavy (non-hydrogen) atoms. The fourth-order valence-corrected chi connectivity index (χ4v) is 2.40. The number of fused-ring (bicyclic) bond motifs is 3. The van der Waals surface area contributed by atoms with E-state index in [1.165, 1.54) is 0 Å². The number of nitrogens with two attached hydrogens (primary N) is 1. The molecule has 0 atom stereocenters. The number of para-hydroxylation sites is 1. The SMILES string of the molecule is Nc1nc2ccccc2c2scnc12. The molecule has 0 spiro atoms. The van der Waals surface area contributed by atoms with Crippen molar-refractivity contribution in [2.75, 3.05) is 5.73 Å². The van der Waals surface area contributed by atoms with E-state index >= 15 is 0 Å². The van der Waals surface area contributed by atoms with Gasteiger partial charge in [-0.15, -0.1) is 11.3 Å². The molecule has 0 saturated heterocycles. The molecule has 0 amide bonds. The monoisotopic (exact) mass is 201 g/mol. The first kappa shape index (κ1) is 7.70. The highest BCUT2D eigenvalue weighted by atomic mass is 32.1. The van der Waals surface area contributed by atoms with Crippen molar-refractivity contribution < 1.29 is 0 Å². The summed E-state index contributed by atoms with van der Waals surface area (Å²) in [7, 11) is 0. The molecule has 0 fully saturated rings. The fourth-order valence-electron chi connectivity index (χ4n) is 1.57. The highest BCUT2D eigenvalue weighted by Crippen LogP contribution is 2.29. The van der Waals surface area contributed by atoms with E-state index in [2.05, 4.69) is 9.97 Å². The van der Waals surface area contributed by atoms with Crippen LogP contribution in [0.25, 0.3) is 21.1 Å². The Hall–Kier alpha value is -1.68. The summed E-state index contributed by atoms with van der Waals surface area (Å²) in [6.45, 7) is 0. The first-order valence-electron chi connectivity index (χ1n) is 4.23. The third-order valence-corrected chi connectivity index (χ3v) is 3.06. The lowest BCUT2D eigenvalue weighted by atomic mass is 10.2. The van der Waals surface area contributed by atoms with E-state index in [0.717, 1.165) is 21.1 Å². The quantitative estimate of drug-likeness (QED) is 0.607. The first-order chi connectivity index (χ1) is 6.86. The van der Waals surface area contributed by atoms with Crippen molar-refractivity contribution >= 4 is 38.3 Å². The Morgan fingerprint density at radius 2 is 2.07 bits per heavy atom. The number of anilines is 1. The van der Waals surface area contributed by atoms with Crippen LogP contribution in [0, 0.1) is 0 Å². The second kappa shape index (κ2) is 2.65. The molecule has 2 aromatic heterocycles. The van der Waals surface area contributed by atoms with Gasteiger partial charge in [-0.3, -0.25) is 0 Å². The van der Waals surface area contributed by atoms with E-state index in [4.69, 9.17) is 5.73 Å². The van der Waals surface area contributed by atoms with Gasteiger partial charge in [0.05, 0.1) is 15.7 Å². The first-order valence-corrected chi connectivity index (χ1v) is 5.11. The van der Waals surface area contributed by atoms with Gasteiger partial charge in [-0.2, -0.15) is 0 Å². The van der Waals surface area contributed by atoms with Gasteiger partial charge >= 0.3 is 0 Å². The summed E-state index contributed by atoms with van der Waals surface area (Å²) in [6.07, 6.45) is 0. The van der Waals surface area contributed by atoms with E-state index < -0.39 is 0 Å². The summed E-state index contributed by atoms with van der Waals surface area (Å²) in [4.78, 5) is 8.50. The molecule has 4 heteroatoms. The lowest BCUT2D eigenvalue weighted by Gasteiger charge is -1.99. The van der Waals surface area contributed by atoms with Crippen LogP contribution in [0.5, 0.6) is 0 Å². The molecule has 1 aromatic carbocycles. The molecule has 0 aliphatic carbocycles. The van der Waals surface area contributed by atoms with Gasteiger partial charge in [0.25, 0.3) is 0 Å². The van der Waals surface area contributed by atoms with Crippen LogP contribution >= 0.6 is 11.3 Å². The molecule has 0 bridgehead atoms. The van der Waals surface area contributed by atoms with Gasteiger partial charge in [-0.25, -0.2) is 9.97 Å².